The Morgan fingerprint density at radius 1 is 0.510 bits per heavy atom. The highest BCUT2D eigenvalue weighted by Crippen LogP contribution is 2.64. The van der Waals surface area contributed by atoms with Gasteiger partial charge in [-0.05, 0) is 41.4 Å². The number of hydrogen-bond acceptors (Lipinski definition) is 7. The SMILES string of the molecule is CCC(=O)Oc1cc(SC(F)(F)C(F)(F)C(F)(F)F)c(OC(=O)CC)c(SC(F)(F)C(F)(F)C(F)(F)F)c1SC(F)(F)C(F)(F)C(F)(F)F. The second kappa shape index (κ2) is 14.0. The van der Waals surface area contributed by atoms with Crippen molar-refractivity contribution in [3.8, 4) is 11.5 Å². The Labute approximate surface area is 269 Å². The fourth-order valence-electron chi connectivity index (χ4n) is 2.48. The molecule has 0 aromatic heterocycles. The third-order valence-corrected chi connectivity index (χ3v) is 8.40. The average molecular weight is 822 g/mol. The number of rotatable bonds is 13. The van der Waals surface area contributed by atoms with Crippen LogP contribution in [-0.4, -0.2) is 64.0 Å². The van der Waals surface area contributed by atoms with Crippen molar-refractivity contribution in [2.24, 2.45) is 0 Å². The highest BCUT2D eigenvalue weighted by molar-refractivity contribution is 8.03. The number of ether oxygens (including phenoxy) is 2. The standard InChI is InChI=1S/C21H11F21O4S3/c1-3-8(43)45-6-5-7(47-19(37,38)13(22,23)16(28,29)30)10(46-9(44)4-2)12(49-21(41,42)15(26,27)18(34,35)36)11(6)48-20(39,40)14(24,25)17(31,32)33/h5H,3-4H2,1-2H3. The van der Waals surface area contributed by atoms with Gasteiger partial charge in [-0.15, -0.1) is 0 Å². The first-order valence-electron chi connectivity index (χ1n) is 11.6. The number of benzene rings is 1. The van der Waals surface area contributed by atoms with Crippen LogP contribution in [0.2, 0.25) is 0 Å². The summed E-state index contributed by atoms with van der Waals surface area (Å²) in [6.07, 6.45) is -24.2. The van der Waals surface area contributed by atoms with Crippen LogP contribution in [0.4, 0.5) is 92.2 Å². The minimum Gasteiger partial charge on any atom is -0.425 e. The van der Waals surface area contributed by atoms with E-state index in [4.69, 9.17) is 0 Å². The lowest BCUT2D eigenvalue weighted by molar-refractivity contribution is -0.330. The molecule has 28 heteroatoms. The summed E-state index contributed by atoms with van der Waals surface area (Å²) in [4.78, 5) is 15.7. The highest BCUT2D eigenvalue weighted by Gasteiger charge is 2.76. The predicted octanol–water partition coefficient (Wildman–Crippen LogP) is 11.0. The monoisotopic (exact) mass is 822 g/mol. The molecule has 0 amide bonds. The fourth-order valence-corrected chi connectivity index (χ4v) is 5.54. The van der Waals surface area contributed by atoms with Crippen molar-refractivity contribution in [3.63, 3.8) is 0 Å². The quantitative estimate of drug-likeness (QED) is 0.0850. The molecule has 1 rings (SSSR count). The topological polar surface area (TPSA) is 52.6 Å². The van der Waals surface area contributed by atoms with E-state index in [0.29, 0.717) is 6.92 Å². The molecule has 0 aliphatic rings. The molecule has 284 valence electrons. The summed E-state index contributed by atoms with van der Waals surface area (Å²) in [5.41, 5.74) is 0. The Balaban J connectivity index is 4.59. The van der Waals surface area contributed by atoms with Crippen molar-refractivity contribution in [3.05, 3.63) is 6.07 Å². The van der Waals surface area contributed by atoms with Crippen LogP contribution in [0.25, 0.3) is 0 Å². The van der Waals surface area contributed by atoms with E-state index in [0.717, 1.165) is 6.92 Å². The molecule has 1 aromatic carbocycles. The van der Waals surface area contributed by atoms with E-state index in [9.17, 15) is 102 Å². The van der Waals surface area contributed by atoms with Gasteiger partial charge in [0.05, 0.1) is 14.7 Å². The Hall–Kier alpha value is -2.26. The first-order valence-corrected chi connectivity index (χ1v) is 14.1. The first-order chi connectivity index (χ1) is 21.5. The summed E-state index contributed by atoms with van der Waals surface area (Å²) in [6, 6.07) is -0.717. The molecule has 49 heavy (non-hydrogen) atoms. The molecule has 0 aliphatic carbocycles. The molecule has 0 atom stereocenters. The molecule has 0 spiro atoms. The number of hydrogen-bond donors (Lipinski definition) is 0. The Kier molecular flexibility index (Phi) is 12.8. The smallest absolute Gasteiger partial charge is 0.425 e. The molecule has 0 aliphatic heterocycles. The van der Waals surface area contributed by atoms with Crippen LogP contribution in [0.1, 0.15) is 26.7 Å². The lowest BCUT2D eigenvalue weighted by atomic mass is 10.3. The van der Waals surface area contributed by atoms with Crippen LogP contribution < -0.4 is 9.47 Å². The van der Waals surface area contributed by atoms with E-state index in [1.807, 2.05) is 0 Å². The predicted molar refractivity (Wildman–Crippen MR) is 124 cm³/mol. The Morgan fingerprint density at radius 3 is 1.14 bits per heavy atom. The molecule has 0 fully saturated rings. The zero-order valence-electron chi connectivity index (χ0n) is 22.8. The molecular formula is C21H11F21O4S3. The second-order valence-corrected chi connectivity index (χ2v) is 12.0. The lowest BCUT2D eigenvalue weighted by Crippen LogP contribution is -2.50. The van der Waals surface area contributed by atoms with Crippen LogP contribution in [0, 0.1) is 0 Å². The maximum Gasteiger partial charge on any atom is 0.460 e. The van der Waals surface area contributed by atoms with Gasteiger partial charge in [-0.3, -0.25) is 9.59 Å². The summed E-state index contributed by atoms with van der Waals surface area (Å²) in [5.74, 6) is -31.1. The normalized spacial score (nSPS) is 14.6. The number of alkyl halides is 21. The van der Waals surface area contributed by atoms with E-state index in [2.05, 4.69) is 9.47 Å². The zero-order chi connectivity index (χ0) is 39.2. The summed E-state index contributed by atoms with van der Waals surface area (Å²) >= 11 is -7.29. The van der Waals surface area contributed by atoms with Crippen molar-refractivity contribution < 1.29 is 111 Å². The zero-order valence-corrected chi connectivity index (χ0v) is 25.2. The molecule has 0 unspecified atom stereocenters. The van der Waals surface area contributed by atoms with E-state index in [1.165, 1.54) is 0 Å². The third kappa shape index (κ3) is 8.98. The van der Waals surface area contributed by atoms with Gasteiger partial charge in [0, 0.05) is 12.8 Å². The van der Waals surface area contributed by atoms with E-state index < -0.39 is 144 Å². The van der Waals surface area contributed by atoms with Gasteiger partial charge in [-0.25, -0.2) is 0 Å². The number of carbonyl (C=O) groups excluding carboxylic acids is 2. The molecule has 1 aromatic rings. The van der Waals surface area contributed by atoms with Gasteiger partial charge in [0.2, 0.25) is 0 Å². The van der Waals surface area contributed by atoms with Gasteiger partial charge in [0.25, 0.3) is 0 Å². The van der Waals surface area contributed by atoms with Crippen LogP contribution in [0.15, 0.2) is 20.8 Å². The molecule has 0 radical (unpaired) electrons. The van der Waals surface area contributed by atoms with Gasteiger partial charge in [0.15, 0.2) is 5.75 Å². The minimum absolute atomic E-state index is 0.659. The van der Waals surface area contributed by atoms with Gasteiger partial charge in [0.1, 0.15) is 5.75 Å². The Morgan fingerprint density at radius 2 is 0.816 bits per heavy atom. The van der Waals surface area contributed by atoms with Crippen molar-refractivity contribution in [1.29, 1.82) is 0 Å². The molecule has 0 N–H and O–H groups in total. The minimum atomic E-state index is -7.42. The number of carbonyl (C=O) groups is 2. The summed E-state index contributed by atoms with van der Waals surface area (Å²) in [7, 11) is 0. The second-order valence-electron chi connectivity index (χ2n) is 8.59. The summed E-state index contributed by atoms with van der Waals surface area (Å²) in [5, 5.41) is -20.5. The van der Waals surface area contributed by atoms with Gasteiger partial charge in [-0.1, -0.05) is 13.8 Å². The average Bonchev–Trinajstić information content (AvgIpc) is 2.89. The Bertz CT molecular complexity index is 1390. The van der Waals surface area contributed by atoms with Crippen LogP contribution in [0.5, 0.6) is 11.5 Å². The van der Waals surface area contributed by atoms with Crippen molar-refractivity contribution >= 4 is 47.2 Å². The molecule has 0 saturated heterocycles. The van der Waals surface area contributed by atoms with Crippen LogP contribution >= 0.6 is 35.3 Å². The summed E-state index contributed by atoms with van der Waals surface area (Å²) < 4.78 is 293. The maximum absolute atomic E-state index is 14.6. The van der Waals surface area contributed by atoms with Crippen molar-refractivity contribution in [2.45, 2.75) is 93.4 Å². The largest absolute Gasteiger partial charge is 0.460 e. The highest BCUT2D eigenvalue weighted by atomic mass is 32.2. The number of thioether (sulfide) groups is 3. The van der Waals surface area contributed by atoms with Gasteiger partial charge >= 0.3 is 64.0 Å². The van der Waals surface area contributed by atoms with Gasteiger partial charge < -0.3 is 9.47 Å². The third-order valence-electron chi connectivity index (χ3n) is 5.00. The number of esters is 2. The van der Waals surface area contributed by atoms with Crippen molar-refractivity contribution in [1.82, 2.24) is 0 Å². The van der Waals surface area contributed by atoms with Gasteiger partial charge in [-0.2, -0.15) is 92.2 Å². The van der Waals surface area contributed by atoms with E-state index >= 15 is 0 Å². The molecule has 0 heterocycles. The van der Waals surface area contributed by atoms with Crippen molar-refractivity contribution in [2.75, 3.05) is 0 Å². The van der Waals surface area contributed by atoms with E-state index in [-0.39, 0.29) is 0 Å². The van der Waals surface area contributed by atoms with E-state index in [1.54, 1.807) is 0 Å². The molecule has 0 saturated carbocycles. The maximum atomic E-state index is 14.6. The van der Waals surface area contributed by atoms with Crippen LogP contribution in [-0.2, 0) is 9.59 Å². The summed E-state index contributed by atoms with van der Waals surface area (Å²) in [6.45, 7) is 1.38. The molecular weight excluding hydrogens is 811 g/mol. The van der Waals surface area contributed by atoms with Crippen LogP contribution in [0.3, 0.4) is 0 Å². The first kappa shape index (κ1) is 44.8. The number of halogens is 21. The lowest BCUT2D eigenvalue weighted by Gasteiger charge is -2.32. The molecule has 4 nitrogen and oxygen atoms in total. The molecule has 0 bridgehead atoms. The fraction of sp³-hybridized carbons (Fsp3) is 0.619.